The molecule has 0 bridgehead atoms. The maximum atomic E-state index is 12.8. The fraction of sp³-hybridized carbons (Fsp3) is 0.304. The van der Waals surface area contributed by atoms with Crippen LogP contribution in [0.5, 0.6) is 0 Å². The van der Waals surface area contributed by atoms with Crippen molar-refractivity contribution in [2.24, 2.45) is 0 Å². The summed E-state index contributed by atoms with van der Waals surface area (Å²) in [6.07, 6.45) is 0.348. The molecule has 164 valence electrons. The summed E-state index contributed by atoms with van der Waals surface area (Å²) in [5, 5.41) is 11.2. The number of piperazine rings is 1. The van der Waals surface area contributed by atoms with Crippen molar-refractivity contribution in [3.05, 3.63) is 64.1 Å². The van der Waals surface area contributed by atoms with Crippen LogP contribution in [-0.4, -0.2) is 57.0 Å². The van der Waals surface area contributed by atoms with E-state index in [1.807, 2.05) is 46.0 Å². The van der Waals surface area contributed by atoms with Crippen LogP contribution in [-0.2, 0) is 11.2 Å². The molecule has 1 fully saturated rings. The number of nitrogens with zero attached hydrogens (tertiary/aromatic N) is 5. The number of amides is 1. The number of hydrogen-bond acceptors (Lipinski definition) is 8. The molecule has 1 aliphatic rings. The van der Waals surface area contributed by atoms with Gasteiger partial charge in [0.05, 0.1) is 18.2 Å². The van der Waals surface area contributed by atoms with Crippen LogP contribution in [0.15, 0.2) is 57.1 Å². The topological polar surface area (TPSA) is 75.4 Å². The molecular weight excluding hydrogens is 442 g/mol. The third-order valence-corrected chi connectivity index (χ3v) is 7.32. The molecule has 1 aliphatic heterocycles. The summed E-state index contributed by atoms with van der Waals surface area (Å²) in [4.78, 5) is 26.2. The Kier molecular flexibility index (Phi) is 6.11. The van der Waals surface area contributed by atoms with E-state index in [-0.39, 0.29) is 11.9 Å². The average molecular weight is 466 g/mol. The van der Waals surface area contributed by atoms with Crippen molar-refractivity contribution in [2.75, 3.05) is 26.2 Å². The predicted molar refractivity (Wildman–Crippen MR) is 125 cm³/mol. The lowest BCUT2D eigenvalue weighted by Gasteiger charge is -2.36. The number of carbonyl (C=O) groups excluding carboxylic acids is 1. The van der Waals surface area contributed by atoms with Crippen molar-refractivity contribution in [1.82, 2.24) is 24.9 Å². The van der Waals surface area contributed by atoms with Gasteiger partial charge in [0, 0.05) is 48.1 Å². The lowest BCUT2D eigenvalue weighted by atomic mass is 10.2. The van der Waals surface area contributed by atoms with E-state index in [1.165, 1.54) is 0 Å². The van der Waals surface area contributed by atoms with Crippen molar-refractivity contribution >= 4 is 28.6 Å². The quantitative estimate of drug-likeness (QED) is 0.421. The summed E-state index contributed by atoms with van der Waals surface area (Å²) < 4.78 is 5.53. The Hall–Kier alpha value is -2.88. The number of aromatic nitrogens is 3. The molecule has 0 saturated carbocycles. The first-order chi connectivity index (χ1) is 15.7. The maximum absolute atomic E-state index is 12.8. The van der Waals surface area contributed by atoms with Gasteiger partial charge in [-0.1, -0.05) is 35.5 Å². The van der Waals surface area contributed by atoms with Gasteiger partial charge in [0.25, 0.3) is 0 Å². The molecule has 3 aromatic heterocycles. The van der Waals surface area contributed by atoms with E-state index in [0.29, 0.717) is 31.2 Å². The first-order valence-corrected chi connectivity index (χ1v) is 12.4. The van der Waals surface area contributed by atoms with Crippen LogP contribution in [0.4, 0.5) is 0 Å². The number of carbonyl (C=O) groups is 1. The zero-order valence-electron chi connectivity index (χ0n) is 17.7. The van der Waals surface area contributed by atoms with E-state index in [1.54, 1.807) is 22.7 Å². The Morgan fingerprint density at radius 3 is 2.62 bits per heavy atom. The molecule has 1 saturated heterocycles. The van der Waals surface area contributed by atoms with Crippen molar-refractivity contribution in [2.45, 2.75) is 19.4 Å². The van der Waals surface area contributed by atoms with Crippen LogP contribution in [0.2, 0.25) is 0 Å². The molecule has 0 spiro atoms. The molecule has 0 N–H and O–H groups in total. The van der Waals surface area contributed by atoms with Gasteiger partial charge in [-0.3, -0.25) is 9.69 Å². The normalized spacial score (nSPS) is 15.7. The molecule has 9 heteroatoms. The van der Waals surface area contributed by atoms with Gasteiger partial charge < -0.3 is 9.42 Å². The van der Waals surface area contributed by atoms with E-state index < -0.39 is 0 Å². The van der Waals surface area contributed by atoms with Crippen LogP contribution in [0.3, 0.4) is 0 Å². The highest BCUT2D eigenvalue weighted by Gasteiger charge is 2.28. The molecule has 4 heterocycles. The van der Waals surface area contributed by atoms with Gasteiger partial charge in [-0.15, -0.1) is 11.3 Å². The van der Waals surface area contributed by atoms with Gasteiger partial charge in [-0.25, -0.2) is 4.98 Å². The lowest BCUT2D eigenvalue weighted by molar-refractivity contribution is -0.132. The average Bonchev–Trinajstić information content (AvgIpc) is 3.61. The van der Waals surface area contributed by atoms with Gasteiger partial charge in [-0.2, -0.15) is 16.3 Å². The Labute approximate surface area is 194 Å². The van der Waals surface area contributed by atoms with Crippen LogP contribution >= 0.6 is 22.7 Å². The second kappa shape index (κ2) is 9.32. The summed E-state index contributed by atoms with van der Waals surface area (Å²) in [7, 11) is 0. The van der Waals surface area contributed by atoms with Gasteiger partial charge in [0.15, 0.2) is 0 Å². The van der Waals surface area contributed by atoms with Crippen LogP contribution < -0.4 is 0 Å². The van der Waals surface area contributed by atoms with E-state index in [4.69, 9.17) is 4.52 Å². The highest BCUT2D eigenvalue weighted by atomic mass is 32.1. The fourth-order valence-electron chi connectivity index (χ4n) is 3.80. The summed E-state index contributed by atoms with van der Waals surface area (Å²) in [5.74, 6) is 1.34. The summed E-state index contributed by atoms with van der Waals surface area (Å²) >= 11 is 3.24. The van der Waals surface area contributed by atoms with Crippen LogP contribution in [0, 0.1) is 0 Å². The molecule has 0 radical (unpaired) electrons. The van der Waals surface area contributed by atoms with E-state index in [9.17, 15) is 4.79 Å². The number of thiazole rings is 1. The lowest BCUT2D eigenvalue weighted by Crippen LogP contribution is -2.49. The molecule has 0 unspecified atom stereocenters. The first kappa shape index (κ1) is 21.0. The molecule has 7 nitrogen and oxygen atoms in total. The van der Waals surface area contributed by atoms with Crippen molar-refractivity contribution < 1.29 is 9.32 Å². The van der Waals surface area contributed by atoms with Crippen LogP contribution in [0.1, 0.15) is 24.6 Å². The third kappa shape index (κ3) is 4.50. The van der Waals surface area contributed by atoms with Gasteiger partial charge in [0.2, 0.25) is 17.6 Å². The second-order valence-electron chi connectivity index (χ2n) is 7.75. The standard InChI is InChI=1S/C23H23N5O2S2/c1-16(22-25-21(26-30-22)17-5-3-2-4-6-17)27-8-10-28(11-9-27)20(29)13-19-15-32-23(24-19)18-7-12-31-14-18/h2-7,12,14-16H,8-11,13H2,1H3/t16-/m1/s1. The van der Waals surface area contributed by atoms with Crippen molar-refractivity contribution in [1.29, 1.82) is 0 Å². The summed E-state index contributed by atoms with van der Waals surface area (Å²) in [5.41, 5.74) is 2.91. The number of hydrogen-bond donors (Lipinski definition) is 0. The van der Waals surface area contributed by atoms with Gasteiger partial charge in [-0.05, 0) is 18.4 Å². The van der Waals surface area contributed by atoms with Crippen molar-refractivity contribution in [3.63, 3.8) is 0 Å². The monoisotopic (exact) mass is 465 g/mol. The van der Waals surface area contributed by atoms with E-state index in [0.717, 1.165) is 34.9 Å². The minimum atomic E-state index is 0.00363. The summed E-state index contributed by atoms with van der Waals surface area (Å²) in [6, 6.07) is 11.9. The smallest absolute Gasteiger partial charge is 0.244 e. The summed E-state index contributed by atoms with van der Waals surface area (Å²) in [6.45, 7) is 4.98. The SMILES string of the molecule is C[C@H](c1nc(-c2ccccc2)no1)N1CCN(C(=O)Cc2csc(-c3ccsc3)n2)CC1. The largest absolute Gasteiger partial charge is 0.340 e. The van der Waals surface area contributed by atoms with Gasteiger partial charge >= 0.3 is 0 Å². The second-order valence-corrected chi connectivity index (χ2v) is 9.39. The minimum absolute atomic E-state index is 0.00363. The molecule has 5 rings (SSSR count). The fourth-order valence-corrected chi connectivity index (χ4v) is 5.33. The van der Waals surface area contributed by atoms with E-state index >= 15 is 0 Å². The number of benzene rings is 1. The third-order valence-electron chi connectivity index (χ3n) is 5.70. The predicted octanol–water partition coefficient (Wildman–Crippen LogP) is 4.37. The molecule has 32 heavy (non-hydrogen) atoms. The number of thiophene rings is 1. The first-order valence-electron chi connectivity index (χ1n) is 10.5. The zero-order valence-corrected chi connectivity index (χ0v) is 19.3. The zero-order chi connectivity index (χ0) is 21.9. The minimum Gasteiger partial charge on any atom is -0.340 e. The molecular formula is C23H23N5O2S2. The highest BCUT2D eigenvalue weighted by molar-refractivity contribution is 7.14. The van der Waals surface area contributed by atoms with Crippen molar-refractivity contribution in [3.8, 4) is 22.0 Å². The molecule has 1 aromatic carbocycles. The Morgan fingerprint density at radius 2 is 1.88 bits per heavy atom. The number of rotatable bonds is 6. The molecule has 0 aliphatic carbocycles. The van der Waals surface area contributed by atoms with Gasteiger partial charge in [0.1, 0.15) is 5.01 Å². The molecule has 4 aromatic rings. The van der Waals surface area contributed by atoms with E-state index in [2.05, 4.69) is 38.4 Å². The maximum Gasteiger partial charge on any atom is 0.244 e. The van der Waals surface area contributed by atoms with Crippen LogP contribution in [0.25, 0.3) is 22.0 Å². The Bertz CT molecular complexity index is 1160. The molecule has 1 atom stereocenters. The highest BCUT2D eigenvalue weighted by Crippen LogP contribution is 2.27. The Morgan fingerprint density at radius 1 is 1.06 bits per heavy atom. The molecule has 1 amide bonds. The Balaban J connectivity index is 1.15.